The maximum absolute atomic E-state index is 4.51. The fraction of sp³-hybridized carbons (Fsp3) is 0.818. The summed E-state index contributed by atoms with van der Waals surface area (Å²) in [5.41, 5.74) is 0. The lowest BCUT2D eigenvalue weighted by Gasteiger charge is -2.30. The fourth-order valence-electron chi connectivity index (χ4n) is 1.93. The average Bonchev–Trinajstić information content (AvgIpc) is 2.70. The monoisotopic (exact) mass is 240 g/mol. The molecule has 0 bridgehead atoms. The lowest BCUT2D eigenvalue weighted by atomic mass is 10.0. The molecule has 0 amide bonds. The molecule has 1 aliphatic heterocycles. The van der Waals surface area contributed by atoms with E-state index in [-0.39, 0.29) is 0 Å². The first-order valence-corrected chi connectivity index (χ1v) is 6.77. The van der Waals surface area contributed by atoms with Crippen molar-refractivity contribution in [2.75, 3.05) is 11.9 Å². The Kier molecular flexibility index (Phi) is 3.76. The highest BCUT2D eigenvalue weighted by Crippen LogP contribution is 2.20. The third-order valence-electron chi connectivity index (χ3n) is 3.03. The van der Waals surface area contributed by atoms with E-state index in [2.05, 4.69) is 40.8 Å². The maximum Gasteiger partial charge on any atom is 0.202 e. The van der Waals surface area contributed by atoms with Gasteiger partial charge < -0.3 is 10.6 Å². The molecular formula is C11H20N4S. The molecule has 16 heavy (non-hydrogen) atoms. The Morgan fingerprint density at radius 3 is 2.94 bits per heavy atom. The SMILES string of the molecule is CC(C)c1nsc(NC2CCCNC2C)n1. The molecule has 1 aromatic rings. The molecule has 0 aliphatic carbocycles. The Labute approximate surface area is 101 Å². The Morgan fingerprint density at radius 2 is 2.31 bits per heavy atom. The second-order valence-electron chi connectivity index (χ2n) is 4.75. The summed E-state index contributed by atoms with van der Waals surface area (Å²) < 4.78 is 4.35. The first-order chi connectivity index (χ1) is 7.66. The average molecular weight is 240 g/mol. The van der Waals surface area contributed by atoms with Crippen molar-refractivity contribution in [3.63, 3.8) is 0 Å². The van der Waals surface area contributed by atoms with Crippen LogP contribution in [0.5, 0.6) is 0 Å². The van der Waals surface area contributed by atoms with Crippen LogP contribution in [0.3, 0.4) is 0 Å². The standard InChI is InChI=1S/C11H20N4S/c1-7(2)10-14-11(16-15-10)13-9-5-4-6-12-8(9)3/h7-9,12H,4-6H2,1-3H3,(H,13,14,15). The molecule has 90 valence electrons. The zero-order valence-corrected chi connectivity index (χ0v) is 11.0. The van der Waals surface area contributed by atoms with E-state index >= 15 is 0 Å². The highest BCUT2D eigenvalue weighted by atomic mass is 32.1. The van der Waals surface area contributed by atoms with Crippen LogP contribution in [0.15, 0.2) is 0 Å². The lowest BCUT2D eigenvalue weighted by Crippen LogP contribution is -2.46. The molecule has 2 rings (SSSR count). The number of piperidine rings is 1. The highest BCUT2D eigenvalue weighted by molar-refractivity contribution is 7.09. The molecule has 1 fully saturated rings. The molecule has 1 aromatic heterocycles. The molecule has 1 saturated heterocycles. The van der Waals surface area contributed by atoms with E-state index in [1.807, 2.05) is 0 Å². The number of hydrogen-bond donors (Lipinski definition) is 2. The minimum Gasteiger partial charge on any atom is -0.356 e. The van der Waals surface area contributed by atoms with E-state index in [4.69, 9.17) is 0 Å². The number of anilines is 1. The van der Waals surface area contributed by atoms with E-state index in [9.17, 15) is 0 Å². The summed E-state index contributed by atoms with van der Waals surface area (Å²) in [6.07, 6.45) is 2.45. The van der Waals surface area contributed by atoms with Crippen molar-refractivity contribution in [2.24, 2.45) is 0 Å². The van der Waals surface area contributed by atoms with Gasteiger partial charge in [-0.05, 0) is 26.3 Å². The van der Waals surface area contributed by atoms with E-state index in [0.717, 1.165) is 17.5 Å². The summed E-state index contributed by atoms with van der Waals surface area (Å²) >= 11 is 1.47. The van der Waals surface area contributed by atoms with Crippen LogP contribution in [-0.4, -0.2) is 28.0 Å². The molecule has 2 atom stereocenters. The number of hydrogen-bond acceptors (Lipinski definition) is 5. The van der Waals surface area contributed by atoms with Crippen molar-refractivity contribution in [3.8, 4) is 0 Å². The topological polar surface area (TPSA) is 49.8 Å². The molecule has 0 aromatic carbocycles. The smallest absolute Gasteiger partial charge is 0.202 e. The van der Waals surface area contributed by atoms with Gasteiger partial charge >= 0.3 is 0 Å². The Bertz CT molecular complexity index is 336. The van der Waals surface area contributed by atoms with Gasteiger partial charge in [0.25, 0.3) is 0 Å². The summed E-state index contributed by atoms with van der Waals surface area (Å²) in [5, 5.41) is 7.93. The Hall–Kier alpha value is -0.680. The van der Waals surface area contributed by atoms with Gasteiger partial charge in [0.2, 0.25) is 5.13 Å². The van der Waals surface area contributed by atoms with Crippen LogP contribution in [0.1, 0.15) is 45.4 Å². The van der Waals surface area contributed by atoms with Gasteiger partial charge in [0.15, 0.2) is 0 Å². The minimum atomic E-state index is 0.411. The zero-order chi connectivity index (χ0) is 11.5. The van der Waals surface area contributed by atoms with Gasteiger partial charge in [-0.2, -0.15) is 4.37 Å². The molecule has 2 heterocycles. The quantitative estimate of drug-likeness (QED) is 0.850. The molecule has 5 heteroatoms. The van der Waals surface area contributed by atoms with Gasteiger partial charge in [-0.15, -0.1) is 0 Å². The summed E-state index contributed by atoms with van der Waals surface area (Å²) in [4.78, 5) is 4.51. The van der Waals surface area contributed by atoms with Crippen molar-refractivity contribution in [2.45, 2.75) is 51.6 Å². The lowest BCUT2D eigenvalue weighted by molar-refractivity contribution is 0.389. The molecule has 0 saturated carbocycles. The van der Waals surface area contributed by atoms with Crippen LogP contribution in [-0.2, 0) is 0 Å². The van der Waals surface area contributed by atoms with Crippen LogP contribution in [0.2, 0.25) is 0 Å². The number of rotatable bonds is 3. The van der Waals surface area contributed by atoms with Crippen molar-refractivity contribution < 1.29 is 0 Å². The van der Waals surface area contributed by atoms with Crippen LogP contribution >= 0.6 is 11.5 Å². The predicted molar refractivity (Wildman–Crippen MR) is 68.1 cm³/mol. The van der Waals surface area contributed by atoms with E-state index in [1.54, 1.807) is 0 Å². The first kappa shape index (κ1) is 11.8. The largest absolute Gasteiger partial charge is 0.356 e. The fourth-order valence-corrected chi connectivity index (χ4v) is 2.70. The second-order valence-corrected chi connectivity index (χ2v) is 5.50. The number of nitrogens with one attached hydrogen (secondary N) is 2. The molecule has 0 spiro atoms. The zero-order valence-electron chi connectivity index (χ0n) is 10.2. The molecule has 1 aliphatic rings. The highest BCUT2D eigenvalue weighted by Gasteiger charge is 2.21. The van der Waals surface area contributed by atoms with Gasteiger partial charge in [0, 0.05) is 29.5 Å². The van der Waals surface area contributed by atoms with Crippen LogP contribution in [0, 0.1) is 0 Å². The second kappa shape index (κ2) is 5.10. The third kappa shape index (κ3) is 2.71. The van der Waals surface area contributed by atoms with E-state index in [0.29, 0.717) is 18.0 Å². The van der Waals surface area contributed by atoms with Crippen molar-refractivity contribution in [3.05, 3.63) is 5.82 Å². The first-order valence-electron chi connectivity index (χ1n) is 6.00. The van der Waals surface area contributed by atoms with Gasteiger partial charge in [-0.1, -0.05) is 13.8 Å². The summed E-state index contributed by atoms with van der Waals surface area (Å²) in [6.45, 7) is 7.60. The normalized spacial score (nSPS) is 26.0. The van der Waals surface area contributed by atoms with Crippen LogP contribution in [0.4, 0.5) is 5.13 Å². The molecule has 0 radical (unpaired) electrons. The number of aromatic nitrogens is 2. The van der Waals surface area contributed by atoms with Gasteiger partial charge in [0.1, 0.15) is 5.82 Å². The number of nitrogens with zero attached hydrogens (tertiary/aromatic N) is 2. The van der Waals surface area contributed by atoms with Gasteiger partial charge in [0.05, 0.1) is 0 Å². The maximum atomic E-state index is 4.51. The Morgan fingerprint density at radius 1 is 1.50 bits per heavy atom. The predicted octanol–water partition coefficient (Wildman–Crippen LogP) is 2.21. The Balaban J connectivity index is 1.97. The van der Waals surface area contributed by atoms with Crippen molar-refractivity contribution in [1.82, 2.24) is 14.7 Å². The summed E-state index contributed by atoms with van der Waals surface area (Å²) in [7, 11) is 0. The van der Waals surface area contributed by atoms with E-state index in [1.165, 1.54) is 24.4 Å². The summed E-state index contributed by atoms with van der Waals surface area (Å²) in [5.74, 6) is 1.36. The van der Waals surface area contributed by atoms with Crippen molar-refractivity contribution in [1.29, 1.82) is 0 Å². The third-order valence-corrected chi connectivity index (χ3v) is 3.69. The van der Waals surface area contributed by atoms with Crippen molar-refractivity contribution >= 4 is 16.7 Å². The van der Waals surface area contributed by atoms with Crippen LogP contribution in [0.25, 0.3) is 0 Å². The van der Waals surface area contributed by atoms with E-state index < -0.39 is 0 Å². The van der Waals surface area contributed by atoms with Gasteiger partial charge in [-0.3, -0.25) is 0 Å². The molecular weight excluding hydrogens is 220 g/mol. The van der Waals surface area contributed by atoms with Gasteiger partial charge in [-0.25, -0.2) is 4.98 Å². The molecule has 4 nitrogen and oxygen atoms in total. The molecule has 2 N–H and O–H groups in total. The minimum absolute atomic E-state index is 0.411. The van der Waals surface area contributed by atoms with Crippen LogP contribution < -0.4 is 10.6 Å². The molecule has 2 unspecified atom stereocenters. The summed E-state index contributed by atoms with van der Waals surface area (Å²) in [6, 6.07) is 1.00.